The Balaban J connectivity index is 1.54. The molecule has 144 valence electrons. The molecule has 0 radical (unpaired) electrons. The largest absolute Gasteiger partial charge is 0.486 e. The standard InChI is InChI=1S/C19H22N2O5S/c1-13(15-5-8-17-18(12-15)26-11-10-25-17)21-19(22)9-4-14-2-6-16(7-3-14)27(20,23)24/h2-3,5-8,12-13H,4,9-11H2,1H3,(H,21,22)(H2,20,23,24)/t13-/m0/s1. The van der Waals surface area contributed by atoms with Crippen molar-refractivity contribution in [3.05, 3.63) is 53.6 Å². The molecule has 8 heteroatoms. The van der Waals surface area contributed by atoms with E-state index in [1.807, 2.05) is 25.1 Å². The van der Waals surface area contributed by atoms with Crippen molar-refractivity contribution in [2.75, 3.05) is 13.2 Å². The second-order valence-corrected chi connectivity index (χ2v) is 7.94. The summed E-state index contributed by atoms with van der Waals surface area (Å²) in [5.74, 6) is 1.31. The number of ether oxygens (including phenoxy) is 2. The Hall–Kier alpha value is -2.58. The van der Waals surface area contributed by atoms with Gasteiger partial charge in [0, 0.05) is 6.42 Å². The van der Waals surface area contributed by atoms with Gasteiger partial charge in [-0.2, -0.15) is 0 Å². The van der Waals surface area contributed by atoms with Crippen LogP contribution in [0.1, 0.15) is 30.5 Å². The molecule has 1 atom stereocenters. The van der Waals surface area contributed by atoms with Gasteiger partial charge in [-0.3, -0.25) is 4.79 Å². The summed E-state index contributed by atoms with van der Waals surface area (Å²) >= 11 is 0. The summed E-state index contributed by atoms with van der Waals surface area (Å²) in [6.45, 7) is 2.96. The first-order chi connectivity index (χ1) is 12.8. The molecule has 0 aliphatic carbocycles. The minimum absolute atomic E-state index is 0.0583. The van der Waals surface area contributed by atoms with Crippen LogP contribution in [0.2, 0.25) is 0 Å². The van der Waals surface area contributed by atoms with Crippen molar-refractivity contribution >= 4 is 15.9 Å². The quantitative estimate of drug-likeness (QED) is 0.783. The van der Waals surface area contributed by atoms with Gasteiger partial charge in [0.2, 0.25) is 15.9 Å². The lowest BCUT2D eigenvalue weighted by atomic mass is 10.1. The van der Waals surface area contributed by atoms with E-state index >= 15 is 0 Å². The molecule has 1 aliphatic rings. The minimum Gasteiger partial charge on any atom is -0.486 e. The molecule has 0 bridgehead atoms. The summed E-state index contributed by atoms with van der Waals surface area (Å²) in [5, 5.41) is 8.03. The zero-order valence-electron chi connectivity index (χ0n) is 15.0. The van der Waals surface area contributed by atoms with E-state index in [9.17, 15) is 13.2 Å². The molecule has 1 aliphatic heterocycles. The Morgan fingerprint density at radius 3 is 2.44 bits per heavy atom. The topological polar surface area (TPSA) is 108 Å². The van der Waals surface area contributed by atoms with Crippen LogP contribution in [0, 0.1) is 0 Å². The van der Waals surface area contributed by atoms with E-state index in [0.717, 1.165) is 11.1 Å². The van der Waals surface area contributed by atoms with Gasteiger partial charge < -0.3 is 14.8 Å². The van der Waals surface area contributed by atoms with E-state index in [1.54, 1.807) is 12.1 Å². The molecule has 0 spiro atoms. The average Bonchev–Trinajstić information content (AvgIpc) is 2.65. The van der Waals surface area contributed by atoms with Crippen LogP contribution in [-0.4, -0.2) is 27.5 Å². The summed E-state index contributed by atoms with van der Waals surface area (Å²) in [5.41, 5.74) is 1.80. The number of rotatable bonds is 6. The third kappa shape index (κ3) is 4.99. The number of hydrogen-bond donors (Lipinski definition) is 2. The molecule has 0 fully saturated rings. The predicted molar refractivity (Wildman–Crippen MR) is 100 cm³/mol. The maximum absolute atomic E-state index is 12.2. The van der Waals surface area contributed by atoms with E-state index in [1.165, 1.54) is 12.1 Å². The normalized spacial score (nSPS) is 14.4. The molecule has 1 heterocycles. The highest BCUT2D eigenvalue weighted by molar-refractivity contribution is 7.89. The molecule has 3 rings (SSSR count). The van der Waals surface area contributed by atoms with Crippen molar-refractivity contribution in [1.29, 1.82) is 0 Å². The van der Waals surface area contributed by atoms with E-state index in [-0.39, 0.29) is 16.8 Å². The Bertz CT molecular complexity index is 926. The van der Waals surface area contributed by atoms with Gasteiger partial charge in [-0.1, -0.05) is 18.2 Å². The Labute approximate surface area is 158 Å². The molecular weight excluding hydrogens is 368 g/mol. The van der Waals surface area contributed by atoms with Crippen molar-refractivity contribution in [3.8, 4) is 11.5 Å². The first-order valence-electron chi connectivity index (χ1n) is 8.63. The Morgan fingerprint density at radius 2 is 1.78 bits per heavy atom. The van der Waals surface area contributed by atoms with Gasteiger partial charge in [-0.25, -0.2) is 13.6 Å². The highest BCUT2D eigenvalue weighted by Crippen LogP contribution is 2.32. The molecule has 0 saturated heterocycles. The van der Waals surface area contributed by atoms with Gasteiger partial charge in [0.25, 0.3) is 0 Å². The molecule has 27 heavy (non-hydrogen) atoms. The molecular formula is C19H22N2O5S. The van der Waals surface area contributed by atoms with Crippen LogP contribution in [0.5, 0.6) is 11.5 Å². The summed E-state index contributed by atoms with van der Waals surface area (Å²) in [4.78, 5) is 12.3. The van der Waals surface area contributed by atoms with Gasteiger partial charge in [0.05, 0.1) is 10.9 Å². The van der Waals surface area contributed by atoms with E-state index in [4.69, 9.17) is 14.6 Å². The lowest BCUT2D eigenvalue weighted by Gasteiger charge is -2.21. The van der Waals surface area contributed by atoms with Gasteiger partial charge in [0.15, 0.2) is 11.5 Å². The van der Waals surface area contributed by atoms with E-state index in [0.29, 0.717) is 37.6 Å². The number of aryl methyl sites for hydroxylation is 1. The predicted octanol–water partition coefficient (Wildman–Crippen LogP) is 1.92. The van der Waals surface area contributed by atoms with Crippen molar-refractivity contribution in [1.82, 2.24) is 5.32 Å². The van der Waals surface area contributed by atoms with Crippen molar-refractivity contribution in [3.63, 3.8) is 0 Å². The summed E-state index contributed by atoms with van der Waals surface area (Å²) < 4.78 is 33.6. The van der Waals surface area contributed by atoms with Crippen LogP contribution in [0.3, 0.4) is 0 Å². The number of nitrogens with two attached hydrogens (primary N) is 1. The Kier molecular flexibility index (Phi) is 5.67. The van der Waals surface area contributed by atoms with Crippen LogP contribution in [0.4, 0.5) is 0 Å². The minimum atomic E-state index is -3.70. The van der Waals surface area contributed by atoms with Crippen LogP contribution < -0.4 is 19.9 Å². The molecule has 2 aromatic carbocycles. The van der Waals surface area contributed by atoms with Gasteiger partial charge >= 0.3 is 0 Å². The average molecular weight is 390 g/mol. The maximum atomic E-state index is 12.2. The number of fused-ring (bicyclic) bond motifs is 1. The lowest BCUT2D eigenvalue weighted by Crippen LogP contribution is -2.27. The van der Waals surface area contributed by atoms with Crippen LogP contribution in [-0.2, 0) is 21.2 Å². The smallest absolute Gasteiger partial charge is 0.238 e. The summed E-state index contributed by atoms with van der Waals surface area (Å²) in [6.07, 6.45) is 0.800. The Morgan fingerprint density at radius 1 is 1.11 bits per heavy atom. The fourth-order valence-corrected chi connectivity index (χ4v) is 3.35. The fraction of sp³-hybridized carbons (Fsp3) is 0.316. The summed E-state index contributed by atoms with van der Waals surface area (Å²) in [6, 6.07) is 11.7. The van der Waals surface area contributed by atoms with E-state index in [2.05, 4.69) is 5.32 Å². The zero-order valence-corrected chi connectivity index (χ0v) is 15.8. The lowest BCUT2D eigenvalue weighted by molar-refractivity contribution is -0.121. The fourth-order valence-electron chi connectivity index (χ4n) is 2.83. The number of carbonyl (C=O) groups excluding carboxylic acids is 1. The maximum Gasteiger partial charge on any atom is 0.238 e. The molecule has 1 amide bonds. The van der Waals surface area contributed by atoms with Crippen LogP contribution in [0.25, 0.3) is 0 Å². The van der Waals surface area contributed by atoms with Crippen LogP contribution in [0.15, 0.2) is 47.4 Å². The number of benzene rings is 2. The zero-order chi connectivity index (χ0) is 19.4. The van der Waals surface area contributed by atoms with Crippen molar-refractivity contribution in [2.24, 2.45) is 5.14 Å². The number of hydrogen-bond acceptors (Lipinski definition) is 5. The first-order valence-corrected chi connectivity index (χ1v) is 10.2. The third-order valence-electron chi connectivity index (χ3n) is 4.34. The molecule has 0 saturated carbocycles. The second-order valence-electron chi connectivity index (χ2n) is 6.38. The molecule has 7 nitrogen and oxygen atoms in total. The summed E-state index contributed by atoms with van der Waals surface area (Å²) in [7, 11) is -3.70. The molecule has 0 unspecified atom stereocenters. The van der Waals surface area contributed by atoms with E-state index < -0.39 is 10.0 Å². The first kappa shape index (κ1) is 19.2. The third-order valence-corrected chi connectivity index (χ3v) is 5.27. The van der Waals surface area contributed by atoms with Gasteiger partial charge in [0.1, 0.15) is 13.2 Å². The van der Waals surface area contributed by atoms with Crippen molar-refractivity contribution < 1.29 is 22.7 Å². The van der Waals surface area contributed by atoms with Crippen molar-refractivity contribution in [2.45, 2.75) is 30.7 Å². The second kappa shape index (κ2) is 7.98. The number of nitrogens with one attached hydrogen (secondary N) is 1. The molecule has 2 aromatic rings. The molecule has 0 aromatic heterocycles. The van der Waals surface area contributed by atoms with Crippen LogP contribution >= 0.6 is 0 Å². The highest BCUT2D eigenvalue weighted by atomic mass is 32.2. The number of sulfonamides is 1. The monoisotopic (exact) mass is 390 g/mol. The highest BCUT2D eigenvalue weighted by Gasteiger charge is 2.16. The van der Waals surface area contributed by atoms with Gasteiger partial charge in [-0.15, -0.1) is 0 Å². The van der Waals surface area contributed by atoms with Gasteiger partial charge in [-0.05, 0) is 48.7 Å². The number of primary sulfonamides is 1. The number of carbonyl (C=O) groups is 1. The number of amides is 1. The molecule has 3 N–H and O–H groups in total. The SMILES string of the molecule is C[C@H](NC(=O)CCc1ccc(S(N)(=O)=O)cc1)c1ccc2c(c1)OCCO2.